The first-order valence-corrected chi connectivity index (χ1v) is 5.80. The molecule has 0 aliphatic carbocycles. The molecular formula is C13H16N2O2. The summed E-state index contributed by atoms with van der Waals surface area (Å²) >= 11 is 0. The fourth-order valence-corrected chi connectivity index (χ4v) is 1.88. The van der Waals surface area contributed by atoms with E-state index in [1.165, 1.54) is 5.56 Å². The van der Waals surface area contributed by atoms with Crippen LogP contribution in [0.25, 0.3) is 0 Å². The molecule has 0 atom stereocenters. The van der Waals surface area contributed by atoms with Crippen molar-refractivity contribution in [2.45, 2.75) is 13.0 Å². The van der Waals surface area contributed by atoms with Crippen LogP contribution in [-0.4, -0.2) is 36.2 Å². The quantitative estimate of drug-likeness (QED) is 0.596. The van der Waals surface area contributed by atoms with Crippen molar-refractivity contribution in [3.63, 3.8) is 0 Å². The lowest BCUT2D eigenvalue weighted by Crippen LogP contribution is -2.33. The first-order chi connectivity index (χ1) is 8.25. The Bertz CT molecular complexity index is 403. The molecule has 1 aliphatic heterocycles. The zero-order chi connectivity index (χ0) is 12.1. The molecule has 17 heavy (non-hydrogen) atoms. The van der Waals surface area contributed by atoms with Gasteiger partial charge in [0.2, 0.25) is 5.91 Å². The van der Waals surface area contributed by atoms with Crippen molar-refractivity contribution in [2.24, 2.45) is 0 Å². The van der Waals surface area contributed by atoms with Crippen molar-refractivity contribution in [3.8, 4) is 0 Å². The van der Waals surface area contributed by atoms with Gasteiger partial charge in [-0.2, -0.15) is 0 Å². The van der Waals surface area contributed by atoms with Gasteiger partial charge in [-0.1, -0.05) is 30.3 Å². The second kappa shape index (κ2) is 5.59. The number of Topliss-reactive ketones (excluding diaryl/α,β-unsaturated/α-hetero) is 1. The second-order valence-electron chi connectivity index (χ2n) is 4.19. The van der Waals surface area contributed by atoms with Crippen LogP contribution in [0.4, 0.5) is 0 Å². The van der Waals surface area contributed by atoms with E-state index in [9.17, 15) is 9.59 Å². The van der Waals surface area contributed by atoms with E-state index in [0.717, 1.165) is 6.54 Å². The maximum absolute atomic E-state index is 11.3. The van der Waals surface area contributed by atoms with Crippen LogP contribution in [0.15, 0.2) is 30.3 Å². The van der Waals surface area contributed by atoms with Gasteiger partial charge < -0.3 is 10.2 Å². The third kappa shape index (κ3) is 3.39. The molecule has 0 unspecified atom stereocenters. The summed E-state index contributed by atoms with van der Waals surface area (Å²) < 4.78 is 0. The standard InChI is InChI=1S/C13H16N2O2/c16-12-8-13(17)15(10-12)7-6-14-9-11-4-2-1-3-5-11/h1-5,14H,6-10H2. The molecule has 4 heteroatoms. The molecular weight excluding hydrogens is 216 g/mol. The molecule has 0 aromatic heterocycles. The SMILES string of the molecule is O=C1CC(=O)N(CCNCc2ccccc2)C1. The van der Waals surface area contributed by atoms with Crippen molar-refractivity contribution >= 4 is 11.7 Å². The van der Waals surface area contributed by atoms with E-state index in [4.69, 9.17) is 0 Å². The predicted octanol–water partition coefficient (Wildman–Crippen LogP) is 0.578. The van der Waals surface area contributed by atoms with E-state index in [1.54, 1.807) is 4.90 Å². The number of benzene rings is 1. The summed E-state index contributed by atoms with van der Waals surface area (Å²) in [7, 11) is 0. The Morgan fingerprint density at radius 1 is 1.18 bits per heavy atom. The molecule has 0 bridgehead atoms. The first kappa shape index (κ1) is 11.8. The molecule has 1 fully saturated rings. The number of nitrogens with one attached hydrogen (secondary N) is 1. The van der Waals surface area contributed by atoms with Crippen molar-refractivity contribution in [1.82, 2.24) is 10.2 Å². The number of rotatable bonds is 5. The van der Waals surface area contributed by atoms with E-state index in [1.807, 2.05) is 18.2 Å². The van der Waals surface area contributed by atoms with Crippen LogP contribution in [0.2, 0.25) is 0 Å². The van der Waals surface area contributed by atoms with Gasteiger partial charge in [-0.25, -0.2) is 0 Å². The molecule has 0 spiro atoms. The van der Waals surface area contributed by atoms with Gasteiger partial charge in [0, 0.05) is 19.6 Å². The lowest BCUT2D eigenvalue weighted by molar-refractivity contribution is -0.127. The minimum atomic E-state index is -0.0449. The normalized spacial score (nSPS) is 15.6. The summed E-state index contributed by atoms with van der Waals surface area (Å²) in [5, 5.41) is 3.26. The van der Waals surface area contributed by atoms with Crippen LogP contribution in [-0.2, 0) is 16.1 Å². The highest BCUT2D eigenvalue weighted by molar-refractivity contribution is 6.05. The van der Waals surface area contributed by atoms with Crippen LogP contribution < -0.4 is 5.32 Å². The van der Waals surface area contributed by atoms with Gasteiger partial charge >= 0.3 is 0 Å². The molecule has 0 radical (unpaired) electrons. The Kier molecular flexibility index (Phi) is 3.88. The fourth-order valence-electron chi connectivity index (χ4n) is 1.88. The Morgan fingerprint density at radius 3 is 2.59 bits per heavy atom. The van der Waals surface area contributed by atoms with E-state index < -0.39 is 0 Å². The number of likely N-dealkylation sites (tertiary alicyclic amines) is 1. The molecule has 90 valence electrons. The largest absolute Gasteiger partial charge is 0.334 e. The lowest BCUT2D eigenvalue weighted by atomic mass is 10.2. The molecule has 4 nitrogen and oxygen atoms in total. The lowest BCUT2D eigenvalue weighted by Gasteiger charge is -2.14. The third-order valence-corrected chi connectivity index (χ3v) is 2.80. The maximum Gasteiger partial charge on any atom is 0.230 e. The highest BCUT2D eigenvalue weighted by Crippen LogP contribution is 2.05. The number of carbonyl (C=O) groups is 2. The summed E-state index contributed by atoms with van der Waals surface area (Å²) in [4.78, 5) is 24.0. The van der Waals surface area contributed by atoms with Crippen LogP contribution in [0, 0.1) is 0 Å². The minimum absolute atomic E-state index is 0.0260. The molecule has 1 aromatic rings. The van der Waals surface area contributed by atoms with Gasteiger partial charge in [-0.3, -0.25) is 9.59 Å². The number of nitrogens with zero attached hydrogens (tertiary/aromatic N) is 1. The summed E-state index contributed by atoms with van der Waals surface area (Å²) in [5.74, 6) is -0.0189. The first-order valence-electron chi connectivity index (χ1n) is 5.80. The average molecular weight is 232 g/mol. The van der Waals surface area contributed by atoms with Crippen molar-refractivity contribution in [3.05, 3.63) is 35.9 Å². The van der Waals surface area contributed by atoms with Crippen LogP contribution >= 0.6 is 0 Å². The molecule has 0 saturated carbocycles. The average Bonchev–Trinajstić information content (AvgIpc) is 2.65. The summed E-state index contributed by atoms with van der Waals surface area (Å²) in [6, 6.07) is 10.1. The van der Waals surface area contributed by atoms with Gasteiger partial charge in [0.1, 0.15) is 0 Å². The summed E-state index contributed by atoms with van der Waals surface area (Å²) in [6.07, 6.45) is 0.0820. The maximum atomic E-state index is 11.3. The monoisotopic (exact) mass is 232 g/mol. The summed E-state index contributed by atoms with van der Waals surface area (Å²) in [5.41, 5.74) is 1.22. The number of hydrogen-bond donors (Lipinski definition) is 1. The van der Waals surface area contributed by atoms with E-state index in [-0.39, 0.29) is 24.7 Å². The molecule has 1 amide bonds. The fraction of sp³-hybridized carbons (Fsp3) is 0.385. The van der Waals surface area contributed by atoms with Crippen molar-refractivity contribution in [1.29, 1.82) is 0 Å². The topological polar surface area (TPSA) is 49.4 Å². The van der Waals surface area contributed by atoms with Crippen LogP contribution in [0.3, 0.4) is 0 Å². The Balaban J connectivity index is 1.67. The van der Waals surface area contributed by atoms with Crippen LogP contribution in [0.1, 0.15) is 12.0 Å². The van der Waals surface area contributed by atoms with Crippen molar-refractivity contribution < 1.29 is 9.59 Å². The van der Waals surface area contributed by atoms with E-state index >= 15 is 0 Å². The van der Waals surface area contributed by atoms with Crippen LogP contribution in [0.5, 0.6) is 0 Å². The van der Waals surface area contributed by atoms with Gasteiger partial charge in [-0.05, 0) is 5.56 Å². The highest BCUT2D eigenvalue weighted by Gasteiger charge is 2.26. The smallest absolute Gasteiger partial charge is 0.230 e. The molecule has 1 saturated heterocycles. The zero-order valence-electron chi connectivity index (χ0n) is 9.69. The van der Waals surface area contributed by atoms with Gasteiger partial charge in [0.15, 0.2) is 5.78 Å². The van der Waals surface area contributed by atoms with Gasteiger partial charge in [0.05, 0.1) is 13.0 Å². The van der Waals surface area contributed by atoms with E-state index in [0.29, 0.717) is 13.1 Å². The predicted molar refractivity (Wildman–Crippen MR) is 64.4 cm³/mol. The minimum Gasteiger partial charge on any atom is -0.334 e. The number of amides is 1. The zero-order valence-corrected chi connectivity index (χ0v) is 9.69. The number of carbonyl (C=O) groups excluding carboxylic acids is 2. The second-order valence-corrected chi connectivity index (χ2v) is 4.19. The van der Waals surface area contributed by atoms with Gasteiger partial charge in [0.25, 0.3) is 0 Å². The Labute approximate surface area is 101 Å². The number of hydrogen-bond acceptors (Lipinski definition) is 3. The van der Waals surface area contributed by atoms with Gasteiger partial charge in [-0.15, -0.1) is 0 Å². The summed E-state index contributed by atoms with van der Waals surface area (Å²) in [6.45, 7) is 2.40. The van der Waals surface area contributed by atoms with Crippen molar-refractivity contribution in [2.75, 3.05) is 19.6 Å². The molecule has 2 rings (SSSR count). The number of ketones is 1. The molecule has 1 aromatic carbocycles. The molecule has 1 heterocycles. The molecule has 1 N–H and O–H groups in total. The highest BCUT2D eigenvalue weighted by atomic mass is 16.2. The Hall–Kier alpha value is -1.68. The van der Waals surface area contributed by atoms with E-state index in [2.05, 4.69) is 17.4 Å². The molecule has 1 aliphatic rings. The third-order valence-electron chi connectivity index (χ3n) is 2.80. The Morgan fingerprint density at radius 2 is 1.94 bits per heavy atom.